The Bertz CT molecular complexity index is 1930. The van der Waals surface area contributed by atoms with Gasteiger partial charge in [0.25, 0.3) is 5.56 Å². The van der Waals surface area contributed by atoms with E-state index in [9.17, 15) is 9.59 Å². The van der Waals surface area contributed by atoms with Gasteiger partial charge in [-0.05, 0) is 81.3 Å². The summed E-state index contributed by atoms with van der Waals surface area (Å²) in [5.74, 6) is 1.23. The molecule has 0 saturated heterocycles. The van der Waals surface area contributed by atoms with E-state index in [0.29, 0.717) is 66.7 Å². The third kappa shape index (κ3) is 7.11. The van der Waals surface area contributed by atoms with Crippen molar-refractivity contribution in [3.63, 3.8) is 0 Å². The predicted molar refractivity (Wildman–Crippen MR) is 176 cm³/mol. The second-order valence-corrected chi connectivity index (χ2v) is 11.8. The van der Waals surface area contributed by atoms with E-state index in [2.05, 4.69) is 4.99 Å². The Labute approximate surface area is 274 Å². The standard InChI is InChI=1S/C34H32Cl2N2O6S/c1-5-41-27-15-11-22(17-28(27)42-6-2)31-30(33(40)43-7-3)20(4)37-34-38(31)32(39)29(45-34)16-21-8-13-25(14-9-21)44-19-23-10-12-24(35)18-26(23)36/h8-18,31H,5-7,19H2,1-4H3/b29-16-/t31-/m1/s1. The molecule has 0 saturated carbocycles. The zero-order valence-electron chi connectivity index (χ0n) is 25.3. The average molecular weight is 668 g/mol. The Balaban J connectivity index is 1.52. The number of carbonyl (C=O) groups excluding carboxylic acids is 1. The van der Waals surface area contributed by atoms with Gasteiger partial charge in [0.15, 0.2) is 16.3 Å². The molecule has 45 heavy (non-hydrogen) atoms. The molecule has 0 N–H and O–H groups in total. The van der Waals surface area contributed by atoms with Crippen LogP contribution in [0.2, 0.25) is 10.0 Å². The minimum atomic E-state index is -0.771. The highest BCUT2D eigenvalue weighted by Crippen LogP contribution is 2.36. The molecular weight excluding hydrogens is 635 g/mol. The van der Waals surface area contributed by atoms with Crippen molar-refractivity contribution in [2.24, 2.45) is 4.99 Å². The zero-order chi connectivity index (χ0) is 32.1. The quantitative estimate of drug-likeness (QED) is 0.170. The fourth-order valence-corrected chi connectivity index (χ4v) is 6.47. The molecule has 1 aliphatic heterocycles. The van der Waals surface area contributed by atoms with Crippen LogP contribution in [0.1, 0.15) is 50.4 Å². The molecule has 0 spiro atoms. The molecule has 234 valence electrons. The molecule has 0 bridgehead atoms. The Hall–Kier alpha value is -4.05. The first kappa shape index (κ1) is 32.3. The van der Waals surface area contributed by atoms with Gasteiger partial charge in [0.1, 0.15) is 12.4 Å². The van der Waals surface area contributed by atoms with Crippen molar-refractivity contribution in [3.8, 4) is 17.2 Å². The second-order valence-electron chi connectivity index (χ2n) is 9.97. The van der Waals surface area contributed by atoms with Crippen molar-refractivity contribution in [1.82, 2.24) is 4.57 Å². The van der Waals surface area contributed by atoms with Crippen LogP contribution < -0.4 is 29.1 Å². The summed E-state index contributed by atoms with van der Waals surface area (Å²) in [7, 11) is 0. The molecule has 5 rings (SSSR count). The fraction of sp³-hybridized carbons (Fsp3) is 0.265. The highest BCUT2D eigenvalue weighted by molar-refractivity contribution is 7.07. The molecule has 1 aliphatic rings. The number of esters is 1. The number of fused-ring (bicyclic) bond motifs is 1. The van der Waals surface area contributed by atoms with Crippen molar-refractivity contribution in [1.29, 1.82) is 0 Å². The number of rotatable bonds is 11. The molecule has 0 amide bonds. The number of hydrogen-bond acceptors (Lipinski definition) is 8. The van der Waals surface area contributed by atoms with E-state index in [0.717, 1.165) is 11.1 Å². The largest absolute Gasteiger partial charge is 0.490 e. The van der Waals surface area contributed by atoms with E-state index in [1.807, 2.05) is 56.3 Å². The van der Waals surface area contributed by atoms with E-state index in [1.54, 1.807) is 42.7 Å². The molecule has 8 nitrogen and oxygen atoms in total. The number of allylic oxidation sites excluding steroid dienone is 1. The monoisotopic (exact) mass is 666 g/mol. The molecule has 1 aromatic heterocycles. The van der Waals surface area contributed by atoms with Crippen molar-refractivity contribution in [2.75, 3.05) is 19.8 Å². The molecule has 11 heteroatoms. The van der Waals surface area contributed by atoms with Crippen molar-refractivity contribution in [3.05, 3.63) is 118 Å². The van der Waals surface area contributed by atoms with Crippen LogP contribution in [-0.2, 0) is 16.1 Å². The minimum absolute atomic E-state index is 0.187. The average Bonchev–Trinajstić information content (AvgIpc) is 3.31. The number of aromatic nitrogens is 1. The van der Waals surface area contributed by atoms with Gasteiger partial charge in [0, 0.05) is 15.6 Å². The molecule has 0 aliphatic carbocycles. The maximum atomic E-state index is 14.0. The fourth-order valence-electron chi connectivity index (χ4n) is 4.96. The second kappa shape index (κ2) is 14.4. The van der Waals surface area contributed by atoms with E-state index >= 15 is 0 Å². The smallest absolute Gasteiger partial charge is 0.338 e. The van der Waals surface area contributed by atoms with Crippen LogP contribution in [0.15, 0.2) is 81.7 Å². The lowest BCUT2D eigenvalue weighted by atomic mass is 9.95. The third-order valence-electron chi connectivity index (χ3n) is 6.99. The molecule has 0 radical (unpaired) electrons. The van der Waals surface area contributed by atoms with Gasteiger partial charge in [-0.15, -0.1) is 0 Å². The number of thiazole rings is 1. The number of halogens is 2. The van der Waals surface area contributed by atoms with Crippen LogP contribution in [-0.4, -0.2) is 30.4 Å². The third-order valence-corrected chi connectivity index (χ3v) is 8.56. The molecule has 4 aromatic rings. The van der Waals surface area contributed by atoms with Gasteiger partial charge < -0.3 is 18.9 Å². The zero-order valence-corrected chi connectivity index (χ0v) is 27.6. The number of ether oxygens (including phenoxy) is 4. The number of carbonyl (C=O) groups is 1. The van der Waals surface area contributed by atoms with E-state index in [1.165, 1.54) is 11.3 Å². The molecule has 0 unspecified atom stereocenters. The van der Waals surface area contributed by atoms with Crippen LogP contribution in [0.25, 0.3) is 6.08 Å². The lowest BCUT2D eigenvalue weighted by molar-refractivity contribution is -0.139. The Morgan fingerprint density at radius 2 is 1.67 bits per heavy atom. The van der Waals surface area contributed by atoms with E-state index in [4.69, 9.17) is 42.1 Å². The SMILES string of the molecule is CCOC(=O)C1=C(C)N=c2s/c(=C\c3ccc(OCc4ccc(Cl)cc4Cl)cc3)c(=O)n2[C@@H]1c1ccc(OCC)c(OCC)c1. The van der Waals surface area contributed by atoms with Gasteiger partial charge in [-0.3, -0.25) is 9.36 Å². The Morgan fingerprint density at radius 1 is 0.933 bits per heavy atom. The molecule has 3 aromatic carbocycles. The van der Waals surface area contributed by atoms with Crippen LogP contribution in [0.3, 0.4) is 0 Å². The number of nitrogens with zero attached hydrogens (tertiary/aromatic N) is 2. The summed E-state index contributed by atoms with van der Waals surface area (Å²) in [4.78, 5) is 32.4. The highest BCUT2D eigenvalue weighted by atomic mass is 35.5. The summed E-state index contributed by atoms with van der Waals surface area (Å²) < 4.78 is 24.9. The first-order valence-corrected chi connectivity index (χ1v) is 16.1. The lowest BCUT2D eigenvalue weighted by Gasteiger charge is -2.25. The summed E-state index contributed by atoms with van der Waals surface area (Å²) >= 11 is 13.5. The highest BCUT2D eigenvalue weighted by Gasteiger charge is 2.34. The minimum Gasteiger partial charge on any atom is -0.490 e. The van der Waals surface area contributed by atoms with Gasteiger partial charge in [0.05, 0.1) is 41.7 Å². The maximum Gasteiger partial charge on any atom is 0.338 e. The van der Waals surface area contributed by atoms with Crippen LogP contribution in [0.5, 0.6) is 17.2 Å². The summed E-state index contributed by atoms with van der Waals surface area (Å²) in [5.41, 5.74) is 2.80. The first-order chi connectivity index (χ1) is 21.7. The molecule has 1 atom stereocenters. The topological polar surface area (TPSA) is 88.4 Å². The Kier molecular flexibility index (Phi) is 10.3. The van der Waals surface area contributed by atoms with E-state index in [-0.39, 0.29) is 18.8 Å². The number of benzene rings is 3. The van der Waals surface area contributed by atoms with Gasteiger partial charge in [-0.2, -0.15) is 0 Å². The van der Waals surface area contributed by atoms with Crippen LogP contribution in [0, 0.1) is 0 Å². The maximum absolute atomic E-state index is 14.0. The first-order valence-electron chi connectivity index (χ1n) is 14.5. The van der Waals surface area contributed by atoms with Gasteiger partial charge in [-0.1, -0.05) is 58.8 Å². The Morgan fingerprint density at radius 3 is 2.36 bits per heavy atom. The van der Waals surface area contributed by atoms with Crippen LogP contribution >= 0.6 is 34.5 Å². The van der Waals surface area contributed by atoms with Crippen molar-refractivity contribution >= 4 is 46.6 Å². The van der Waals surface area contributed by atoms with E-state index < -0.39 is 12.0 Å². The van der Waals surface area contributed by atoms with Crippen molar-refractivity contribution in [2.45, 2.75) is 40.3 Å². The molecular formula is C34H32Cl2N2O6S. The summed E-state index contributed by atoms with van der Waals surface area (Å²) in [6, 6.07) is 17.3. The van der Waals surface area contributed by atoms with Gasteiger partial charge in [0.2, 0.25) is 0 Å². The van der Waals surface area contributed by atoms with Crippen LogP contribution in [0.4, 0.5) is 0 Å². The molecule has 0 fully saturated rings. The molecule has 2 heterocycles. The van der Waals surface area contributed by atoms with Gasteiger partial charge >= 0.3 is 5.97 Å². The number of hydrogen-bond donors (Lipinski definition) is 0. The normalized spacial score (nSPS) is 14.5. The summed E-state index contributed by atoms with van der Waals surface area (Å²) in [6.07, 6.45) is 1.80. The predicted octanol–water partition coefficient (Wildman–Crippen LogP) is 6.48. The van der Waals surface area contributed by atoms with Gasteiger partial charge in [-0.25, -0.2) is 9.79 Å². The lowest BCUT2D eigenvalue weighted by Crippen LogP contribution is -2.40. The van der Waals surface area contributed by atoms with Crippen molar-refractivity contribution < 1.29 is 23.7 Å². The summed E-state index contributed by atoms with van der Waals surface area (Å²) in [5, 5.41) is 1.10. The summed E-state index contributed by atoms with van der Waals surface area (Å²) in [6.45, 7) is 8.63.